The highest BCUT2D eigenvalue weighted by molar-refractivity contribution is 6.04. The monoisotopic (exact) mass is 246 g/mol. The molecular weight excluding hydrogens is 228 g/mol. The van der Waals surface area contributed by atoms with Crippen molar-refractivity contribution in [3.63, 3.8) is 0 Å². The Bertz CT molecular complexity index is 606. The molecule has 0 radical (unpaired) electrons. The maximum Gasteiger partial charge on any atom is 0.168 e. The van der Waals surface area contributed by atoms with E-state index in [1.165, 1.54) is 0 Å². The van der Waals surface area contributed by atoms with Gasteiger partial charge in [0.1, 0.15) is 11.3 Å². The molecule has 0 aliphatic carbocycles. The Morgan fingerprint density at radius 1 is 1.33 bits per heavy atom. The predicted molar refractivity (Wildman–Crippen MR) is 71.2 cm³/mol. The number of aromatic nitrogens is 2. The standard InChI is InChI=1S/C14H18N2O2/c1-8-10-6-9(13(17)14(2,3)4)7-11(18-5)12(10)16-15-8/h6-7H,1-5H3,(H,15,16). The van der Waals surface area contributed by atoms with Gasteiger partial charge >= 0.3 is 0 Å². The van der Waals surface area contributed by atoms with Crippen LogP contribution in [-0.2, 0) is 0 Å². The summed E-state index contributed by atoms with van der Waals surface area (Å²) in [5.41, 5.74) is 1.96. The van der Waals surface area contributed by atoms with Crippen LogP contribution in [0.2, 0.25) is 0 Å². The Morgan fingerprint density at radius 3 is 2.56 bits per heavy atom. The van der Waals surface area contributed by atoms with Crippen LogP contribution in [0, 0.1) is 12.3 Å². The van der Waals surface area contributed by atoms with Crippen molar-refractivity contribution >= 4 is 16.7 Å². The Labute approximate surface area is 106 Å². The summed E-state index contributed by atoms with van der Waals surface area (Å²) in [6.45, 7) is 7.64. The van der Waals surface area contributed by atoms with Crippen LogP contribution in [0.4, 0.5) is 0 Å². The number of nitrogens with one attached hydrogen (secondary N) is 1. The van der Waals surface area contributed by atoms with Gasteiger partial charge in [-0.2, -0.15) is 5.10 Å². The second-order valence-corrected chi connectivity index (χ2v) is 5.49. The minimum absolute atomic E-state index is 0.100. The molecule has 1 heterocycles. The van der Waals surface area contributed by atoms with E-state index < -0.39 is 5.41 Å². The van der Waals surface area contributed by atoms with Gasteiger partial charge in [-0.1, -0.05) is 20.8 Å². The SMILES string of the molecule is COc1cc(C(=O)C(C)(C)C)cc2c(C)n[nH]c12. The summed E-state index contributed by atoms with van der Waals surface area (Å²) in [5.74, 6) is 0.754. The number of Topliss-reactive ketones (excluding diaryl/α,β-unsaturated/α-hetero) is 1. The molecule has 1 aromatic heterocycles. The van der Waals surface area contributed by atoms with E-state index in [0.717, 1.165) is 16.6 Å². The third-order valence-electron chi connectivity index (χ3n) is 2.99. The number of hydrogen-bond acceptors (Lipinski definition) is 3. The number of carbonyl (C=O) groups excluding carboxylic acids is 1. The second-order valence-electron chi connectivity index (χ2n) is 5.49. The lowest BCUT2D eigenvalue weighted by molar-refractivity contribution is 0.0858. The first-order valence-electron chi connectivity index (χ1n) is 5.92. The van der Waals surface area contributed by atoms with Gasteiger partial charge in [-0.15, -0.1) is 0 Å². The largest absolute Gasteiger partial charge is 0.494 e. The number of ether oxygens (including phenoxy) is 1. The van der Waals surface area contributed by atoms with E-state index in [-0.39, 0.29) is 5.78 Å². The molecule has 0 amide bonds. The van der Waals surface area contributed by atoms with E-state index in [9.17, 15) is 4.79 Å². The second kappa shape index (κ2) is 4.12. The fraction of sp³-hybridized carbons (Fsp3) is 0.429. The molecule has 1 N–H and O–H groups in total. The van der Waals surface area contributed by atoms with Crippen molar-refractivity contribution < 1.29 is 9.53 Å². The first-order chi connectivity index (χ1) is 8.34. The maximum atomic E-state index is 12.3. The highest BCUT2D eigenvalue weighted by Crippen LogP contribution is 2.30. The number of aryl methyl sites for hydroxylation is 1. The van der Waals surface area contributed by atoms with Gasteiger partial charge in [-0.3, -0.25) is 9.89 Å². The average Bonchev–Trinajstić information content (AvgIpc) is 2.68. The Hall–Kier alpha value is -1.84. The predicted octanol–water partition coefficient (Wildman–Crippen LogP) is 3.11. The van der Waals surface area contributed by atoms with Gasteiger partial charge in [0.05, 0.1) is 12.8 Å². The van der Waals surface area contributed by atoms with Gasteiger partial charge in [0.2, 0.25) is 0 Å². The molecule has 0 aliphatic rings. The zero-order valence-electron chi connectivity index (χ0n) is 11.4. The molecule has 4 heteroatoms. The van der Waals surface area contributed by atoms with E-state index in [1.54, 1.807) is 13.2 Å². The minimum atomic E-state index is -0.406. The fourth-order valence-electron chi connectivity index (χ4n) is 1.94. The summed E-state index contributed by atoms with van der Waals surface area (Å²) in [5, 5.41) is 8.01. The number of methoxy groups -OCH3 is 1. The first-order valence-corrected chi connectivity index (χ1v) is 5.92. The number of benzene rings is 1. The first kappa shape index (κ1) is 12.6. The van der Waals surface area contributed by atoms with Crippen LogP contribution in [0.25, 0.3) is 10.9 Å². The molecule has 0 saturated carbocycles. The summed E-state index contributed by atoms with van der Waals surface area (Å²) < 4.78 is 5.32. The van der Waals surface area contributed by atoms with Crippen LogP contribution in [-0.4, -0.2) is 23.1 Å². The number of ketones is 1. The molecular formula is C14H18N2O2. The molecule has 0 fully saturated rings. The zero-order valence-corrected chi connectivity index (χ0v) is 11.4. The number of fused-ring (bicyclic) bond motifs is 1. The lowest BCUT2D eigenvalue weighted by Gasteiger charge is -2.17. The Balaban J connectivity index is 2.67. The smallest absolute Gasteiger partial charge is 0.168 e. The third-order valence-corrected chi connectivity index (χ3v) is 2.99. The summed E-state index contributed by atoms with van der Waals surface area (Å²) in [7, 11) is 1.59. The van der Waals surface area contributed by atoms with Crippen molar-refractivity contribution in [2.75, 3.05) is 7.11 Å². The molecule has 2 rings (SSSR count). The number of aromatic amines is 1. The lowest BCUT2D eigenvalue weighted by atomic mass is 9.86. The van der Waals surface area contributed by atoms with E-state index in [4.69, 9.17) is 4.74 Å². The van der Waals surface area contributed by atoms with Gasteiger partial charge in [0, 0.05) is 16.4 Å². The topological polar surface area (TPSA) is 55.0 Å². The van der Waals surface area contributed by atoms with Crippen LogP contribution in [0.15, 0.2) is 12.1 Å². The molecule has 0 saturated heterocycles. The van der Waals surface area contributed by atoms with E-state index in [0.29, 0.717) is 11.3 Å². The normalized spacial score (nSPS) is 11.8. The molecule has 0 unspecified atom stereocenters. The van der Waals surface area contributed by atoms with Gasteiger partial charge in [-0.25, -0.2) is 0 Å². The number of carbonyl (C=O) groups is 1. The van der Waals surface area contributed by atoms with Gasteiger partial charge in [0.15, 0.2) is 5.78 Å². The number of nitrogens with zero attached hydrogens (tertiary/aromatic N) is 1. The van der Waals surface area contributed by atoms with Crippen molar-refractivity contribution in [1.82, 2.24) is 10.2 Å². The highest BCUT2D eigenvalue weighted by atomic mass is 16.5. The van der Waals surface area contributed by atoms with Gasteiger partial charge < -0.3 is 4.74 Å². The van der Waals surface area contributed by atoms with Crippen molar-refractivity contribution in [3.8, 4) is 5.75 Å². The summed E-state index contributed by atoms with van der Waals surface area (Å²) >= 11 is 0. The molecule has 2 aromatic rings. The van der Waals surface area contributed by atoms with Crippen LogP contribution in [0.3, 0.4) is 0 Å². The fourth-order valence-corrected chi connectivity index (χ4v) is 1.94. The molecule has 96 valence electrons. The molecule has 0 atom stereocenters. The van der Waals surface area contributed by atoms with Gasteiger partial charge in [0.25, 0.3) is 0 Å². The maximum absolute atomic E-state index is 12.3. The summed E-state index contributed by atoms with van der Waals surface area (Å²) in [6, 6.07) is 3.65. The Kier molecular flexibility index (Phi) is 2.89. The summed E-state index contributed by atoms with van der Waals surface area (Å²) in [4.78, 5) is 12.3. The molecule has 0 bridgehead atoms. The van der Waals surface area contributed by atoms with E-state index in [2.05, 4.69) is 10.2 Å². The molecule has 0 aliphatic heterocycles. The Morgan fingerprint density at radius 2 is 2.00 bits per heavy atom. The quantitative estimate of drug-likeness (QED) is 0.828. The summed E-state index contributed by atoms with van der Waals surface area (Å²) in [6.07, 6.45) is 0. The zero-order chi connectivity index (χ0) is 13.5. The van der Waals surface area contributed by atoms with Crippen LogP contribution >= 0.6 is 0 Å². The number of rotatable bonds is 2. The molecule has 4 nitrogen and oxygen atoms in total. The van der Waals surface area contributed by atoms with Crippen molar-refractivity contribution in [2.45, 2.75) is 27.7 Å². The molecule has 1 aromatic carbocycles. The number of H-pyrrole nitrogens is 1. The highest BCUT2D eigenvalue weighted by Gasteiger charge is 2.24. The number of hydrogen-bond donors (Lipinski definition) is 1. The average molecular weight is 246 g/mol. The van der Waals surface area contributed by atoms with Crippen molar-refractivity contribution in [1.29, 1.82) is 0 Å². The van der Waals surface area contributed by atoms with Crippen molar-refractivity contribution in [3.05, 3.63) is 23.4 Å². The van der Waals surface area contributed by atoms with E-state index >= 15 is 0 Å². The van der Waals surface area contributed by atoms with Crippen LogP contribution < -0.4 is 4.74 Å². The van der Waals surface area contributed by atoms with E-state index in [1.807, 2.05) is 33.8 Å². The minimum Gasteiger partial charge on any atom is -0.494 e. The lowest BCUT2D eigenvalue weighted by Crippen LogP contribution is -2.20. The van der Waals surface area contributed by atoms with Gasteiger partial charge in [-0.05, 0) is 19.1 Å². The van der Waals surface area contributed by atoms with Crippen LogP contribution in [0.1, 0.15) is 36.8 Å². The molecule has 18 heavy (non-hydrogen) atoms. The van der Waals surface area contributed by atoms with Crippen molar-refractivity contribution in [2.24, 2.45) is 5.41 Å². The van der Waals surface area contributed by atoms with Crippen LogP contribution in [0.5, 0.6) is 5.75 Å². The third kappa shape index (κ3) is 1.98. The molecule has 0 spiro atoms.